The minimum absolute atomic E-state index is 0.140. The first-order valence-electron chi connectivity index (χ1n) is 9.90. The molecule has 0 amide bonds. The maximum atomic E-state index is 11.9. The van der Waals surface area contributed by atoms with Crippen LogP contribution in [0.1, 0.15) is 6.23 Å². The Morgan fingerprint density at radius 1 is 1.08 bits per heavy atom. The van der Waals surface area contributed by atoms with Gasteiger partial charge in [0.2, 0.25) is 0 Å². The lowest BCUT2D eigenvalue weighted by molar-refractivity contribution is -0.247. The minimum atomic E-state index is -5.76. The second kappa shape index (κ2) is 12.4. The second-order valence-corrected chi connectivity index (χ2v) is 10.4. The molecule has 208 valence electrons. The predicted octanol–water partition coefficient (Wildman–Crippen LogP) is -6.13. The zero-order chi connectivity index (χ0) is 27.4. The van der Waals surface area contributed by atoms with Gasteiger partial charge in [-0.2, -0.15) is 4.98 Å². The van der Waals surface area contributed by atoms with Gasteiger partial charge in [-0.1, -0.05) is 0 Å². The molecule has 2 rings (SSSR count). The number of phosphoric ester groups is 2. The lowest BCUT2D eigenvalue weighted by Crippen LogP contribution is -2.47. The van der Waals surface area contributed by atoms with Gasteiger partial charge < -0.3 is 65.1 Å². The van der Waals surface area contributed by atoms with Crippen molar-refractivity contribution < 1.29 is 72.8 Å². The zero-order valence-corrected chi connectivity index (χ0v) is 19.9. The van der Waals surface area contributed by atoms with Gasteiger partial charge >= 0.3 is 5.69 Å². The molecule has 36 heavy (non-hydrogen) atoms. The Morgan fingerprint density at radius 2 is 1.67 bits per heavy atom. The van der Waals surface area contributed by atoms with Gasteiger partial charge in [0.1, 0.15) is 48.5 Å². The van der Waals surface area contributed by atoms with Gasteiger partial charge in [-0.25, -0.2) is 9.11 Å². The smallest absolute Gasteiger partial charge is 0.351 e. The highest BCUT2D eigenvalue weighted by Gasteiger charge is 2.45. The van der Waals surface area contributed by atoms with Gasteiger partial charge in [0.25, 0.3) is 15.6 Å². The summed E-state index contributed by atoms with van der Waals surface area (Å²) in [5.41, 5.74) is 4.40. The molecule has 0 saturated carbocycles. The van der Waals surface area contributed by atoms with E-state index >= 15 is 0 Å². The molecule has 1 aliphatic rings. The van der Waals surface area contributed by atoms with Crippen molar-refractivity contribution in [1.82, 2.24) is 9.55 Å². The largest absolute Gasteiger partial charge is 0.756 e. The Bertz CT molecular complexity index is 1030. The Balaban J connectivity index is 1.93. The molecule has 2 unspecified atom stereocenters. The normalized spacial score (nSPS) is 29.1. The number of anilines is 1. The minimum Gasteiger partial charge on any atom is -0.756 e. The van der Waals surface area contributed by atoms with Crippen molar-refractivity contribution in [3.8, 4) is 0 Å². The van der Waals surface area contributed by atoms with E-state index in [4.69, 9.17) is 15.6 Å². The number of hydrogen-bond acceptors (Lipinski definition) is 18. The maximum Gasteiger partial charge on any atom is 0.351 e. The van der Waals surface area contributed by atoms with E-state index in [0.29, 0.717) is 0 Å². The number of aromatic nitrogens is 2. The molecule has 9 N–H and O–H groups in total. The molecule has 0 bridgehead atoms. The summed E-state index contributed by atoms with van der Waals surface area (Å²) in [4.78, 5) is 39.0. The third kappa shape index (κ3) is 8.06. The Labute approximate surface area is 201 Å². The molecule has 1 saturated heterocycles. The molecule has 1 aromatic rings. The number of aliphatic hydroxyl groups is 7. The topological polar surface area (TPSA) is 320 Å². The van der Waals surface area contributed by atoms with Gasteiger partial charge in [0.15, 0.2) is 6.23 Å². The van der Waals surface area contributed by atoms with Crippen molar-refractivity contribution in [3.63, 3.8) is 0 Å². The molecule has 19 nitrogen and oxygen atoms in total. The van der Waals surface area contributed by atoms with E-state index in [-0.39, 0.29) is 5.82 Å². The average Bonchev–Trinajstić information content (AvgIpc) is 3.07. The van der Waals surface area contributed by atoms with Gasteiger partial charge in [-0.15, -0.1) is 0 Å². The van der Waals surface area contributed by atoms with Crippen LogP contribution in [-0.4, -0.2) is 108 Å². The quantitative estimate of drug-likeness (QED) is 0.103. The molecule has 10 atom stereocenters. The number of aliphatic hydroxyl groups excluding tert-OH is 7. The first-order chi connectivity index (χ1) is 16.6. The summed E-state index contributed by atoms with van der Waals surface area (Å²) in [5, 5.41) is 66.7. The first kappa shape index (κ1) is 30.8. The Kier molecular flexibility index (Phi) is 10.7. The SMILES string of the molecule is Nc1ccn([C@@H]2O[C@H](COP(=O)([O-])OP(=O)([O-])OC[C@@H](O)[C@@H](O)[C@H](O)[C@@H](O)CO)[C@@H](O)[C@H]2O)c(=O)n1. The highest BCUT2D eigenvalue weighted by molar-refractivity contribution is 7.59. The molecule has 0 spiro atoms. The predicted molar refractivity (Wildman–Crippen MR) is 108 cm³/mol. The number of nitrogens with zero attached hydrogens (tertiary/aromatic N) is 2. The summed E-state index contributed by atoms with van der Waals surface area (Å²) in [6.07, 6.45) is -13.9. The van der Waals surface area contributed by atoms with Crippen LogP contribution in [0.2, 0.25) is 0 Å². The van der Waals surface area contributed by atoms with Gasteiger partial charge in [0.05, 0.1) is 19.8 Å². The molecule has 2 heterocycles. The lowest BCUT2D eigenvalue weighted by Gasteiger charge is -2.32. The fraction of sp³-hybridized carbons (Fsp3) is 0.733. The van der Waals surface area contributed by atoms with Crippen LogP contribution in [0.4, 0.5) is 5.82 Å². The lowest BCUT2D eigenvalue weighted by atomic mass is 10.0. The van der Waals surface area contributed by atoms with Crippen molar-refractivity contribution in [2.24, 2.45) is 0 Å². The summed E-state index contributed by atoms with van der Waals surface area (Å²) < 4.78 is 41.8. The Hall–Kier alpha value is -1.38. The molecule has 1 fully saturated rings. The molecule has 1 aromatic heterocycles. The molecule has 21 heteroatoms. The fourth-order valence-electron chi connectivity index (χ4n) is 2.88. The highest BCUT2D eigenvalue weighted by atomic mass is 31.3. The molecular formula is C15H25N3O16P2-2. The van der Waals surface area contributed by atoms with E-state index in [9.17, 15) is 54.4 Å². The van der Waals surface area contributed by atoms with Gasteiger partial charge in [0, 0.05) is 6.20 Å². The van der Waals surface area contributed by atoms with Crippen molar-refractivity contribution in [2.75, 3.05) is 25.6 Å². The number of rotatable bonds is 13. The molecular weight excluding hydrogens is 540 g/mol. The van der Waals surface area contributed by atoms with Crippen LogP contribution in [0.3, 0.4) is 0 Å². The summed E-state index contributed by atoms with van der Waals surface area (Å²) in [7, 11) is -11.5. The number of ether oxygens (including phenoxy) is 1. The number of phosphoric acid groups is 2. The number of hydrogen-bond donors (Lipinski definition) is 8. The van der Waals surface area contributed by atoms with Crippen molar-refractivity contribution >= 4 is 21.5 Å². The average molecular weight is 565 g/mol. The molecule has 1 aliphatic heterocycles. The van der Waals surface area contributed by atoms with Gasteiger partial charge in [-0.3, -0.25) is 13.7 Å². The molecule has 0 aliphatic carbocycles. The third-order valence-electron chi connectivity index (χ3n) is 4.79. The molecule has 0 radical (unpaired) electrons. The van der Waals surface area contributed by atoms with Crippen LogP contribution in [0, 0.1) is 0 Å². The monoisotopic (exact) mass is 565 g/mol. The zero-order valence-electron chi connectivity index (χ0n) is 18.1. The maximum absolute atomic E-state index is 11.9. The fourth-order valence-corrected chi connectivity index (χ4v) is 4.90. The summed E-state index contributed by atoms with van der Waals surface area (Å²) >= 11 is 0. The van der Waals surface area contributed by atoms with Crippen molar-refractivity contribution in [3.05, 3.63) is 22.7 Å². The summed E-state index contributed by atoms with van der Waals surface area (Å²) in [6, 6.07) is 1.19. The van der Waals surface area contributed by atoms with Crippen LogP contribution < -0.4 is 21.2 Å². The van der Waals surface area contributed by atoms with E-state index in [1.165, 1.54) is 6.07 Å². The highest BCUT2D eigenvalue weighted by Crippen LogP contribution is 2.55. The van der Waals surface area contributed by atoms with Crippen molar-refractivity contribution in [2.45, 2.75) is 49.0 Å². The van der Waals surface area contributed by atoms with Crippen LogP contribution in [-0.2, 0) is 27.2 Å². The van der Waals surface area contributed by atoms with E-state index < -0.39 is 90.1 Å². The standard InChI is InChI=1S/C15H27N3O16P2/c16-9-1-2-18(15(26)17-9)14-13(25)12(24)8(33-14)5-32-36(29,30)34-35(27,28)31-4-7(21)11(23)10(22)6(20)3-19/h1-2,6-8,10-14,19-25H,3-5H2,(H,27,28)(H,29,30)(H2,16,17,26)/p-2/t6-,7+,8+,10+,11+,12+,13+,14+/m0/s1. The van der Waals surface area contributed by atoms with Crippen LogP contribution in [0.5, 0.6) is 0 Å². The van der Waals surface area contributed by atoms with Gasteiger partial charge in [-0.05, 0) is 6.07 Å². The van der Waals surface area contributed by atoms with E-state index in [1.807, 2.05) is 0 Å². The van der Waals surface area contributed by atoms with E-state index in [0.717, 1.165) is 10.8 Å². The van der Waals surface area contributed by atoms with Crippen LogP contribution in [0.15, 0.2) is 17.1 Å². The Morgan fingerprint density at radius 3 is 2.25 bits per heavy atom. The molecule has 0 aromatic carbocycles. The second-order valence-electron chi connectivity index (χ2n) is 7.45. The van der Waals surface area contributed by atoms with Crippen LogP contribution in [0.25, 0.3) is 0 Å². The number of nitrogens with two attached hydrogens (primary N) is 1. The van der Waals surface area contributed by atoms with Crippen molar-refractivity contribution in [1.29, 1.82) is 0 Å². The number of nitrogen functional groups attached to an aromatic ring is 1. The summed E-state index contributed by atoms with van der Waals surface area (Å²) in [6.45, 7) is -3.42. The van der Waals surface area contributed by atoms with E-state index in [2.05, 4.69) is 18.3 Å². The summed E-state index contributed by atoms with van der Waals surface area (Å²) in [5.74, 6) is -0.140. The third-order valence-corrected chi connectivity index (χ3v) is 7.32. The van der Waals surface area contributed by atoms with E-state index in [1.54, 1.807) is 0 Å². The van der Waals surface area contributed by atoms with Crippen LogP contribution >= 0.6 is 15.6 Å². The first-order valence-corrected chi connectivity index (χ1v) is 12.8.